The van der Waals surface area contributed by atoms with Crippen LogP contribution >= 0.6 is 0 Å². The molecule has 0 spiro atoms. The van der Waals surface area contributed by atoms with Gasteiger partial charge in [0.2, 0.25) is 0 Å². The summed E-state index contributed by atoms with van der Waals surface area (Å²) in [7, 11) is 0. The van der Waals surface area contributed by atoms with Crippen LogP contribution < -0.4 is 5.32 Å². The first kappa shape index (κ1) is 17.0. The Balaban J connectivity index is 2.23. The first-order valence-electron chi connectivity index (χ1n) is 7.70. The molecular formula is C17H29NO2. The van der Waals surface area contributed by atoms with Gasteiger partial charge in [0.1, 0.15) is 0 Å². The number of benzene rings is 1. The van der Waals surface area contributed by atoms with E-state index in [9.17, 15) is 5.11 Å². The zero-order valence-corrected chi connectivity index (χ0v) is 13.1. The smallest absolute Gasteiger partial charge is 0.0945 e. The fourth-order valence-corrected chi connectivity index (χ4v) is 1.90. The molecule has 0 amide bonds. The Hall–Kier alpha value is -1.06. The highest BCUT2D eigenvalue weighted by molar-refractivity contribution is 5.44. The van der Waals surface area contributed by atoms with Gasteiger partial charge in [0.25, 0.3) is 0 Å². The third-order valence-corrected chi connectivity index (χ3v) is 3.08. The minimum atomic E-state index is -0.464. The van der Waals surface area contributed by atoms with Crippen LogP contribution in [0.15, 0.2) is 24.3 Å². The fourth-order valence-electron chi connectivity index (χ4n) is 1.90. The summed E-state index contributed by atoms with van der Waals surface area (Å²) in [6, 6.07) is 8.46. The Morgan fingerprint density at radius 1 is 1.15 bits per heavy atom. The topological polar surface area (TPSA) is 41.5 Å². The molecule has 1 aromatic carbocycles. The van der Waals surface area contributed by atoms with E-state index in [2.05, 4.69) is 50.4 Å². The molecule has 2 N–H and O–H groups in total. The second-order valence-electron chi connectivity index (χ2n) is 5.77. The first-order valence-corrected chi connectivity index (χ1v) is 7.70. The molecule has 1 atom stereocenters. The summed E-state index contributed by atoms with van der Waals surface area (Å²) in [6.07, 6.45) is 3.14. The van der Waals surface area contributed by atoms with Gasteiger partial charge in [-0.05, 0) is 36.5 Å². The monoisotopic (exact) mass is 279 g/mol. The molecule has 0 heterocycles. The van der Waals surface area contributed by atoms with Crippen molar-refractivity contribution < 1.29 is 9.84 Å². The van der Waals surface area contributed by atoms with E-state index in [1.807, 2.05) is 0 Å². The molecule has 0 aliphatic carbocycles. The summed E-state index contributed by atoms with van der Waals surface area (Å²) in [4.78, 5) is 0. The van der Waals surface area contributed by atoms with Crippen molar-refractivity contribution in [3.05, 3.63) is 29.8 Å². The number of hydrogen-bond donors (Lipinski definition) is 2. The van der Waals surface area contributed by atoms with Crippen molar-refractivity contribution in [1.82, 2.24) is 0 Å². The molecule has 1 aromatic rings. The van der Waals surface area contributed by atoms with E-state index in [4.69, 9.17) is 4.74 Å². The largest absolute Gasteiger partial charge is 0.389 e. The number of rotatable bonds is 10. The molecule has 0 aliphatic rings. The van der Waals surface area contributed by atoms with E-state index >= 15 is 0 Å². The standard InChI is InChI=1S/C17H29NO2/c1-4-5-6-15-7-9-16(10-8-15)18-11-17(19)13-20-12-14(2)3/h7-10,14,17-19H,4-6,11-13H2,1-3H3. The molecule has 0 aliphatic heterocycles. The summed E-state index contributed by atoms with van der Waals surface area (Å²) >= 11 is 0. The highest BCUT2D eigenvalue weighted by Gasteiger charge is 2.05. The lowest BCUT2D eigenvalue weighted by atomic mass is 10.1. The zero-order chi connectivity index (χ0) is 14.8. The van der Waals surface area contributed by atoms with Crippen molar-refractivity contribution in [3.63, 3.8) is 0 Å². The van der Waals surface area contributed by atoms with Gasteiger partial charge in [-0.1, -0.05) is 39.3 Å². The fraction of sp³-hybridized carbons (Fsp3) is 0.647. The van der Waals surface area contributed by atoms with Crippen molar-refractivity contribution in [2.24, 2.45) is 5.92 Å². The van der Waals surface area contributed by atoms with Gasteiger partial charge in [0.05, 0.1) is 12.7 Å². The van der Waals surface area contributed by atoms with Crippen LogP contribution in [0, 0.1) is 5.92 Å². The SMILES string of the molecule is CCCCc1ccc(NCC(O)COCC(C)C)cc1. The van der Waals surface area contributed by atoms with Crippen LogP contribution in [0.1, 0.15) is 39.2 Å². The molecule has 1 unspecified atom stereocenters. The number of aryl methyl sites for hydroxylation is 1. The number of hydrogen-bond acceptors (Lipinski definition) is 3. The molecule has 0 bridgehead atoms. The number of aliphatic hydroxyl groups is 1. The lowest BCUT2D eigenvalue weighted by Gasteiger charge is -2.14. The van der Waals surface area contributed by atoms with E-state index in [1.54, 1.807) is 0 Å². The molecular weight excluding hydrogens is 250 g/mol. The summed E-state index contributed by atoms with van der Waals surface area (Å²) in [5, 5.41) is 13.0. The van der Waals surface area contributed by atoms with E-state index in [0.29, 0.717) is 25.7 Å². The molecule has 0 saturated heterocycles. The van der Waals surface area contributed by atoms with Gasteiger partial charge in [-0.3, -0.25) is 0 Å². The number of aliphatic hydroxyl groups excluding tert-OH is 1. The maximum atomic E-state index is 9.81. The van der Waals surface area contributed by atoms with E-state index in [1.165, 1.54) is 18.4 Å². The van der Waals surface area contributed by atoms with Crippen LogP contribution in [-0.4, -0.2) is 31.0 Å². The van der Waals surface area contributed by atoms with Gasteiger partial charge >= 0.3 is 0 Å². The van der Waals surface area contributed by atoms with Crippen LogP contribution in [0.5, 0.6) is 0 Å². The van der Waals surface area contributed by atoms with Crippen LogP contribution in [-0.2, 0) is 11.2 Å². The zero-order valence-electron chi connectivity index (χ0n) is 13.1. The number of anilines is 1. The maximum Gasteiger partial charge on any atom is 0.0945 e. The van der Waals surface area contributed by atoms with E-state index < -0.39 is 6.10 Å². The molecule has 114 valence electrons. The number of unbranched alkanes of at least 4 members (excludes halogenated alkanes) is 1. The molecule has 3 nitrogen and oxygen atoms in total. The Kier molecular flexibility index (Phi) is 8.31. The summed E-state index contributed by atoms with van der Waals surface area (Å²) < 4.78 is 5.42. The van der Waals surface area contributed by atoms with Gasteiger partial charge in [0.15, 0.2) is 0 Å². The average Bonchev–Trinajstić information content (AvgIpc) is 2.43. The highest BCUT2D eigenvalue weighted by Crippen LogP contribution is 2.11. The number of nitrogens with one attached hydrogen (secondary N) is 1. The van der Waals surface area contributed by atoms with Crippen LogP contribution in [0.3, 0.4) is 0 Å². The quantitative estimate of drug-likeness (QED) is 0.689. The summed E-state index contributed by atoms with van der Waals surface area (Å²) in [5.74, 6) is 0.505. The lowest BCUT2D eigenvalue weighted by Crippen LogP contribution is -2.25. The third kappa shape index (κ3) is 7.51. The molecule has 0 saturated carbocycles. The van der Waals surface area contributed by atoms with Crippen molar-refractivity contribution in [3.8, 4) is 0 Å². The van der Waals surface area contributed by atoms with Gasteiger partial charge in [-0.2, -0.15) is 0 Å². The number of ether oxygens (including phenoxy) is 1. The average molecular weight is 279 g/mol. The van der Waals surface area contributed by atoms with E-state index in [-0.39, 0.29) is 0 Å². The molecule has 0 fully saturated rings. The van der Waals surface area contributed by atoms with Crippen molar-refractivity contribution in [1.29, 1.82) is 0 Å². The Bertz CT molecular complexity index is 349. The van der Waals surface area contributed by atoms with Gasteiger partial charge in [0, 0.05) is 18.8 Å². The Morgan fingerprint density at radius 3 is 2.45 bits per heavy atom. The van der Waals surface area contributed by atoms with Gasteiger partial charge < -0.3 is 15.2 Å². The minimum Gasteiger partial charge on any atom is -0.389 e. The predicted molar refractivity (Wildman–Crippen MR) is 85.2 cm³/mol. The third-order valence-electron chi connectivity index (χ3n) is 3.08. The predicted octanol–water partition coefficient (Wildman–Crippen LogP) is 3.47. The van der Waals surface area contributed by atoms with Crippen molar-refractivity contribution in [2.75, 3.05) is 25.1 Å². The normalized spacial score (nSPS) is 12.7. The first-order chi connectivity index (χ1) is 9.61. The van der Waals surface area contributed by atoms with Gasteiger partial charge in [-0.15, -0.1) is 0 Å². The van der Waals surface area contributed by atoms with Crippen molar-refractivity contribution >= 4 is 5.69 Å². The van der Waals surface area contributed by atoms with Gasteiger partial charge in [-0.25, -0.2) is 0 Å². The van der Waals surface area contributed by atoms with Crippen LogP contribution in [0.25, 0.3) is 0 Å². The van der Waals surface area contributed by atoms with Crippen LogP contribution in [0.2, 0.25) is 0 Å². The Labute approximate surface area is 123 Å². The lowest BCUT2D eigenvalue weighted by molar-refractivity contribution is 0.0318. The highest BCUT2D eigenvalue weighted by atomic mass is 16.5. The minimum absolute atomic E-state index is 0.389. The maximum absolute atomic E-state index is 9.81. The van der Waals surface area contributed by atoms with E-state index in [0.717, 1.165) is 12.1 Å². The molecule has 20 heavy (non-hydrogen) atoms. The Morgan fingerprint density at radius 2 is 1.85 bits per heavy atom. The molecule has 0 radical (unpaired) electrons. The van der Waals surface area contributed by atoms with Crippen LogP contribution in [0.4, 0.5) is 5.69 Å². The second-order valence-corrected chi connectivity index (χ2v) is 5.77. The molecule has 0 aromatic heterocycles. The second kappa shape index (κ2) is 9.78. The molecule has 1 rings (SSSR count). The van der Waals surface area contributed by atoms with Crippen molar-refractivity contribution in [2.45, 2.75) is 46.1 Å². The molecule has 3 heteroatoms. The summed E-state index contributed by atoms with van der Waals surface area (Å²) in [6.45, 7) is 8.02. The summed E-state index contributed by atoms with van der Waals surface area (Å²) in [5.41, 5.74) is 2.42.